The molecule has 0 radical (unpaired) electrons. The number of hydrogen-bond acceptors (Lipinski definition) is 8. The smallest absolute Gasteiger partial charge is 0.299 e. The number of carbonyl (C=O) groups is 1. The van der Waals surface area contributed by atoms with E-state index in [2.05, 4.69) is 5.32 Å². The lowest BCUT2D eigenvalue weighted by molar-refractivity contribution is -0.393. The Bertz CT molecular complexity index is 1170. The van der Waals surface area contributed by atoms with Crippen molar-refractivity contribution in [2.75, 3.05) is 29.9 Å². The van der Waals surface area contributed by atoms with Crippen molar-refractivity contribution in [3.05, 3.63) is 62.7 Å². The predicted octanol–water partition coefficient (Wildman–Crippen LogP) is 2.36. The number of nitrogens with one attached hydrogen (secondary N) is 1. The molecule has 32 heavy (non-hydrogen) atoms. The Balaban J connectivity index is 1.81. The van der Waals surface area contributed by atoms with E-state index in [0.29, 0.717) is 5.69 Å². The Kier molecular flexibility index (Phi) is 6.41. The van der Waals surface area contributed by atoms with E-state index in [4.69, 9.17) is 0 Å². The first-order chi connectivity index (χ1) is 15.0. The molecule has 0 aromatic heterocycles. The number of rotatable bonds is 6. The molecule has 2 aromatic carbocycles. The molecule has 0 aliphatic carbocycles. The highest BCUT2D eigenvalue weighted by Gasteiger charge is 2.35. The van der Waals surface area contributed by atoms with Crippen LogP contribution in [-0.2, 0) is 14.8 Å². The van der Waals surface area contributed by atoms with E-state index in [1.807, 2.05) is 0 Å². The largest absolute Gasteiger partial charge is 0.363 e. The van der Waals surface area contributed by atoms with Crippen LogP contribution in [0.4, 0.5) is 22.7 Å². The van der Waals surface area contributed by atoms with Crippen LogP contribution in [0.25, 0.3) is 0 Å². The van der Waals surface area contributed by atoms with E-state index in [1.54, 1.807) is 11.8 Å². The minimum absolute atomic E-state index is 0.0632. The second-order valence-corrected chi connectivity index (χ2v) is 9.19. The number of non-ortho nitro benzene ring substituents is 1. The quantitative estimate of drug-likeness (QED) is 0.505. The van der Waals surface area contributed by atoms with Gasteiger partial charge in [0.2, 0.25) is 15.9 Å². The van der Waals surface area contributed by atoms with Crippen molar-refractivity contribution in [2.24, 2.45) is 0 Å². The number of amides is 1. The summed E-state index contributed by atoms with van der Waals surface area (Å²) >= 11 is 0. The van der Waals surface area contributed by atoms with Crippen LogP contribution >= 0.6 is 0 Å². The molecular weight excluding hydrogens is 442 g/mol. The number of nitro groups is 2. The molecule has 12 nitrogen and oxygen atoms in total. The molecule has 0 bridgehead atoms. The first-order valence-electron chi connectivity index (χ1n) is 9.58. The van der Waals surface area contributed by atoms with Gasteiger partial charge in [-0.15, -0.1) is 0 Å². The van der Waals surface area contributed by atoms with Gasteiger partial charge in [-0.3, -0.25) is 25.0 Å². The monoisotopic (exact) mass is 463 g/mol. The van der Waals surface area contributed by atoms with Crippen LogP contribution in [0.2, 0.25) is 0 Å². The van der Waals surface area contributed by atoms with Crippen molar-refractivity contribution in [1.29, 1.82) is 0 Å². The van der Waals surface area contributed by atoms with E-state index >= 15 is 0 Å². The van der Waals surface area contributed by atoms with E-state index < -0.39 is 37.3 Å². The number of benzene rings is 2. The summed E-state index contributed by atoms with van der Waals surface area (Å²) in [4.78, 5) is 33.9. The van der Waals surface area contributed by atoms with Crippen molar-refractivity contribution in [3.8, 4) is 0 Å². The van der Waals surface area contributed by atoms with Crippen LogP contribution in [0.15, 0.2) is 47.4 Å². The SMILES string of the molecule is CC(=O)Nc1ccc(S(=O)(=O)N2CCN(c3ccc([N+](=O)[O-])cc3[N+](=O)[O-])C[C@H]2C)cc1. The molecule has 0 saturated carbocycles. The fourth-order valence-electron chi connectivity index (χ4n) is 3.60. The van der Waals surface area contributed by atoms with Gasteiger partial charge in [0.15, 0.2) is 0 Å². The summed E-state index contributed by atoms with van der Waals surface area (Å²) < 4.78 is 27.5. The minimum Gasteiger partial charge on any atom is -0.363 e. The molecule has 1 aliphatic rings. The molecular formula is C19H21N5O7S. The number of nitrogens with zero attached hydrogens (tertiary/aromatic N) is 4. The zero-order valence-electron chi connectivity index (χ0n) is 17.3. The van der Waals surface area contributed by atoms with Gasteiger partial charge in [0.25, 0.3) is 11.4 Å². The average molecular weight is 463 g/mol. The molecule has 1 fully saturated rings. The lowest BCUT2D eigenvalue weighted by Crippen LogP contribution is -2.54. The maximum atomic E-state index is 13.1. The summed E-state index contributed by atoms with van der Waals surface area (Å²) in [6.45, 7) is 3.45. The van der Waals surface area contributed by atoms with E-state index in [0.717, 1.165) is 6.07 Å². The van der Waals surface area contributed by atoms with E-state index in [-0.39, 0.29) is 36.1 Å². The molecule has 2 aromatic rings. The molecule has 1 amide bonds. The highest BCUT2D eigenvalue weighted by molar-refractivity contribution is 7.89. The second kappa shape index (κ2) is 8.88. The molecule has 1 saturated heterocycles. The third kappa shape index (κ3) is 4.68. The third-order valence-corrected chi connectivity index (χ3v) is 7.08. The number of carbonyl (C=O) groups excluding carboxylic acids is 1. The first kappa shape index (κ1) is 23.1. The predicted molar refractivity (Wildman–Crippen MR) is 116 cm³/mol. The Morgan fingerprint density at radius 1 is 1.06 bits per heavy atom. The molecule has 0 spiro atoms. The zero-order chi connectivity index (χ0) is 23.6. The van der Waals surface area contributed by atoms with Crippen LogP contribution in [-0.4, -0.2) is 54.2 Å². The second-order valence-electron chi connectivity index (χ2n) is 7.30. The summed E-state index contributed by atoms with van der Waals surface area (Å²) in [6.07, 6.45) is 0. The van der Waals surface area contributed by atoms with Crippen molar-refractivity contribution in [3.63, 3.8) is 0 Å². The number of hydrogen-bond donors (Lipinski definition) is 1. The fourth-order valence-corrected chi connectivity index (χ4v) is 5.22. The summed E-state index contributed by atoms with van der Waals surface area (Å²) in [6, 6.07) is 8.69. The maximum absolute atomic E-state index is 13.1. The van der Waals surface area contributed by atoms with Crippen LogP contribution in [0.5, 0.6) is 0 Å². The molecule has 13 heteroatoms. The van der Waals surface area contributed by atoms with Crippen LogP contribution in [0.1, 0.15) is 13.8 Å². The molecule has 0 unspecified atom stereocenters. The van der Waals surface area contributed by atoms with E-state index in [9.17, 15) is 33.4 Å². The fraction of sp³-hybridized carbons (Fsp3) is 0.316. The van der Waals surface area contributed by atoms with Crippen LogP contribution in [0.3, 0.4) is 0 Å². The highest BCUT2D eigenvalue weighted by atomic mass is 32.2. The summed E-state index contributed by atoms with van der Waals surface area (Å²) in [5.74, 6) is -0.273. The summed E-state index contributed by atoms with van der Waals surface area (Å²) in [5.41, 5.74) is -0.127. The Morgan fingerprint density at radius 2 is 1.72 bits per heavy atom. The average Bonchev–Trinajstić information content (AvgIpc) is 2.72. The molecule has 1 heterocycles. The Labute approximate surface area is 183 Å². The van der Waals surface area contributed by atoms with Gasteiger partial charge in [0.05, 0.1) is 20.8 Å². The maximum Gasteiger partial charge on any atom is 0.299 e. The molecule has 1 N–H and O–H groups in total. The zero-order valence-corrected chi connectivity index (χ0v) is 18.1. The number of nitro benzene ring substituents is 2. The van der Waals surface area contributed by atoms with Gasteiger partial charge in [-0.25, -0.2) is 8.42 Å². The number of sulfonamides is 1. The molecule has 170 valence electrons. The topological polar surface area (TPSA) is 156 Å². The van der Waals surface area contributed by atoms with Gasteiger partial charge in [-0.05, 0) is 37.3 Å². The summed E-state index contributed by atoms with van der Waals surface area (Å²) in [7, 11) is -3.84. The lowest BCUT2D eigenvalue weighted by Gasteiger charge is -2.39. The Hall–Kier alpha value is -3.58. The van der Waals surface area contributed by atoms with Crippen molar-refractivity contribution in [1.82, 2.24) is 4.31 Å². The first-order valence-corrected chi connectivity index (χ1v) is 11.0. The van der Waals surface area contributed by atoms with Crippen molar-refractivity contribution in [2.45, 2.75) is 24.8 Å². The van der Waals surface area contributed by atoms with Gasteiger partial charge < -0.3 is 10.2 Å². The molecule has 1 aliphatic heterocycles. The van der Waals surface area contributed by atoms with Gasteiger partial charge in [-0.1, -0.05) is 0 Å². The van der Waals surface area contributed by atoms with Crippen LogP contribution < -0.4 is 10.2 Å². The standard InChI is InChI=1S/C19H21N5O7S/c1-13-12-21(18-8-5-16(23(26)27)11-19(18)24(28)29)9-10-22(13)32(30,31)17-6-3-15(4-7-17)20-14(2)25/h3-8,11,13H,9-10,12H2,1-2H3,(H,20,25)/t13-/m1/s1. The van der Waals surface area contributed by atoms with Crippen molar-refractivity contribution >= 4 is 38.7 Å². The van der Waals surface area contributed by atoms with E-state index in [1.165, 1.54) is 47.6 Å². The lowest BCUT2D eigenvalue weighted by atomic mass is 10.1. The molecule has 3 rings (SSSR count). The van der Waals surface area contributed by atoms with Gasteiger partial charge in [0, 0.05) is 44.4 Å². The van der Waals surface area contributed by atoms with Gasteiger partial charge >= 0.3 is 0 Å². The van der Waals surface area contributed by atoms with Crippen molar-refractivity contribution < 1.29 is 23.1 Å². The highest BCUT2D eigenvalue weighted by Crippen LogP contribution is 2.34. The summed E-state index contributed by atoms with van der Waals surface area (Å²) in [5, 5.41) is 25.0. The molecule has 1 atom stereocenters. The third-order valence-electron chi connectivity index (χ3n) is 5.06. The number of anilines is 2. The number of piperazine rings is 1. The van der Waals surface area contributed by atoms with Gasteiger partial charge in [-0.2, -0.15) is 4.31 Å². The normalized spacial score (nSPS) is 17.1. The Morgan fingerprint density at radius 3 is 2.25 bits per heavy atom. The van der Waals surface area contributed by atoms with Crippen LogP contribution in [0, 0.1) is 20.2 Å². The minimum atomic E-state index is -3.84. The van der Waals surface area contributed by atoms with Gasteiger partial charge in [0.1, 0.15) is 5.69 Å².